The maximum absolute atomic E-state index is 6.00. The van der Waals surface area contributed by atoms with Crippen LogP contribution >= 0.6 is 0 Å². The summed E-state index contributed by atoms with van der Waals surface area (Å²) in [7, 11) is 0. The zero-order valence-electron chi connectivity index (χ0n) is 9.47. The molecule has 1 aliphatic heterocycles. The highest BCUT2D eigenvalue weighted by molar-refractivity contribution is 4.93. The van der Waals surface area contributed by atoms with Crippen LogP contribution in [0.1, 0.15) is 45.4 Å². The van der Waals surface area contributed by atoms with E-state index < -0.39 is 0 Å². The van der Waals surface area contributed by atoms with Gasteiger partial charge in [-0.15, -0.1) is 0 Å². The number of hydrogen-bond acceptors (Lipinski definition) is 2. The summed E-state index contributed by atoms with van der Waals surface area (Å²) in [5, 5.41) is 0. The van der Waals surface area contributed by atoms with Gasteiger partial charge in [-0.05, 0) is 37.6 Å². The average molecular weight is 196 g/mol. The molecule has 14 heavy (non-hydrogen) atoms. The fourth-order valence-electron chi connectivity index (χ4n) is 3.18. The summed E-state index contributed by atoms with van der Waals surface area (Å²) in [4.78, 5) is 2.60. The molecular weight excluding hydrogens is 172 g/mol. The molecule has 1 heterocycles. The molecule has 0 aromatic carbocycles. The second kappa shape index (κ2) is 4.19. The van der Waals surface area contributed by atoms with Crippen LogP contribution in [0.25, 0.3) is 0 Å². The summed E-state index contributed by atoms with van der Waals surface area (Å²) >= 11 is 0. The summed E-state index contributed by atoms with van der Waals surface area (Å²) in [5.74, 6) is 0. The molecule has 2 fully saturated rings. The Kier molecular flexibility index (Phi) is 3.13. The second-order valence-corrected chi connectivity index (χ2v) is 5.36. The highest BCUT2D eigenvalue weighted by atomic mass is 15.2. The zero-order chi connectivity index (χ0) is 10.0. The van der Waals surface area contributed by atoms with E-state index in [0.29, 0.717) is 11.5 Å². The minimum atomic E-state index is 0.395. The van der Waals surface area contributed by atoms with Crippen LogP contribution in [0.15, 0.2) is 0 Å². The second-order valence-electron chi connectivity index (χ2n) is 5.36. The number of rotatable bonds is 3. The Bertz CT molecular complexity index is 185. The van der Waals surface area contributed by atoms with Gasteiger partial charge in [-0.1, -0.05) is 19.8 Å². The van der Waals surface area contributed by atoms with Gasteiger partial charge >= 0.3 is 0 Å². The van der Waals surface area contributed by atoms with Crippen LogP contribution in [-0.4, -0.2) is 30.6 Å². The topological polar surface area (TPSA) is 29.3 Å². The van der Waals surface area contributed by atoms with Gasteiger partial charge in [-0.25, -0.2) is 0 Å². The molecule has 1 saturated carbocycles. The summed E-state index contributed by atoms with van der Waals surface area (Å²) in [6, 6.07) is 0.395. The Morgan fingerprint density at radius 2 is 2.00 bits per heavy atom. The van der Waals surface area contributed by atoms with Crippen molar-refractivity contribution in [1.29, 1.82) is 0 Å². The molecule has 82 valence electrons. The lowest BCUT2D eigenvalue weighted by molar-refractivity contribution is 0.249. The van der Waals surface area contributed by atoms with Crippen LogP contribution in [0.3, 0.4) is 0 Å². The molecule has 1 atom stereocenters. The van der Waals surface area contributed by atoms with Crippen LogP contribution in [0.2, 0.25) is 0 Å². The molecule has 1 saturated heterocycles. The summed E-state index contributed by atoms with van der Waals surface area (Å²) in [6.45, 7) is 5.94. The molecule has 2 rings (SSSR count). The van der Waals surface area contributed by atoms with E-state index in [9.17, 15) is 0 Å². The van der Waals surface area contributed by atoms with Crippen molar-refractivity contribution < 1.29 is 0 Å². The third-order valence-corrected chi connectivity index (χ3v) is 4.20. The van der Waals surface area contributed by atoms with E-state index in [1.54, 1.807) is 0 Å². The predicted molar refractivity (Wildman–Crippen MR) is 60.2 cm³/mol. The molecule has 0 bridgehead atoms. The van der Waals surface area contributed by atoms with Gasteiger partial charge in [0, 0.05) is 19.1 Å². The molecule has 0 aromatic heterocycles. The molecule has 0 amide bonds. The summed E-state index contributed by atoms with van der Waals surface area (Å²) < 4.78 is 0. The first-order chi connectivity index (χ1) is 6.74. The Morgan fingerprint density at radius 3 is 2.64 bits per heavy atom. The fraction of sp³-hybridized carbons (Fsp3) is 1.00. The van der Waals surface area contributed by atoms with Gasteiger partial charge in [0.2, 0.25) is 0 Å². The van der Waals surface area contributed by atoms with Crippen LogP contribution in [0.5, 0.6) is 0 Å². The molecular formula is C12H24N2. The van der Waals surface area contributed by atoms with Gasteiger partial charge in [0.25, 0.3) is 0 Å². The Morgan fingerprint density at radius 1 is 1.29 bits per heavy atom. The zero-order valence-corrected chi connectivity index (χ0v) is 9.47. The SMILES string of the molecule is CC[C@H](N)CN1CCC2(CCCC2)C1. The van der Waals surface area contributed by atoms with Crippen LogP contribution in [0.4, 0.5) is 0 Å². The van der Waals surface area contributed by atoms with Crippen LogP contribution in [0, 0.1) is 5.41 Å². The number of hydrogen-bond donors (Lipinski definition) is 1. The minimum Gasteiger partial charge on any atom is -0.327 e. The van der Waals surface area contributed by atoms with Gasteiger partial charge in [0.1, 0.15) is 0 Å². The van der Waals surface area contributed by atoms with Crippen LogP contribution < -0.4 is 5.73 Å². The molecule has 2 heteroatoms. The lowest BCUT2D eigenvalue weighted by atomic mass is 9.86. The monoisotopic (exact) mass is 196 g/mol. The van der Waals surface area contributed by atoms with Crippen molar-refractivity contribution in [3.05, 3.63) is 0 Å². The van der Waals surface area contributed by atoms with Gasteiger partial charge in [-0.3, -0.25) is 0 Å². The number of nitrogens with zero attached hydrogens (tertiary/aromatic N) is 1. The minimum absolute atomic E-state index is 0.395. The molecule has 2 N–H and O–H groups in total. The molecule has 1 aliphatic carbocycles. The number of nitrogens with two attached hydrogens (primary N) is 1. The van der Waals surface area contributed by atoms with E-state index >= 15 is 0 Å². The molecule has 1 spiro atoms. The average Bonchev–Trinajstić information content (AvgIpc) is 2.78. The van der Waals surface area contributed by atoms with Crippen molar-refractivity contribution in [2.75, 3.05) is 19.6 Å². The van der Waals surface area contributed by atoms with E-state index in [1.807, 2.05) is 0 Å². The Balaban J connectivity index is 1.82. The summed E-state index contributed by atoms with van der Waals surface area (Å²) in [6.07, 6.45) is 8.43. The quantitative estimate of drug-likeness (QED) is 0.748. The van der Waals surface area contributed by atoms with Gasteiger partial charge in [0.05, 0.1) is 0 Å². The van der Waals surface area contributed by atoms with Crippen molar-refractivity contribution in [2.45, 2.75) is 51.5 Å². The Hall–Kier alpha value is -0.0800. The highest BCUT2D eigenvalue weighted by Crippen LogP contribution is 2.45. The highest BCUT2D eigenvalue weighted by Gasteiger charge is 2.39. The van der Waals surface area contributed by atoms with E-state index in [4.69, 9.17) is 5.73 Å². The molecule has 2 nitrogen and oxygen atoms in total. The standard InChI is InChI=1S/C12H24N2/c1-2-11(13)9-14-8-7-12(10-14)5-3-4-6-12/h11H,2-10,13H2,1H3/t11-/m0/s1. The van der Waals surface area contributed by atoms with Crippen molar-refractivity contribution in [3.8, 4) is 0 Å². The van der Waals surface area contributed by atoms with Crippen molar-refractivity contribution in [2.24, 2.45) is 11.1 Å². The molecule has 0 unspecified atom stereocenters. The van der Waals surface area contributed by atoms with E-state index in [-0.39, 0.29) is 0 Å². The maximum atomic E-state index is 6.00. The van der Waals surface area contributed by atoms with Gasteiger partial charge in [-0.2, -0.15) is 0 Å². The van der Waals surface area contributed by atoms with Crippen molar-refractivity contribution in [3.63, 3.8) is 0 Å². The molecule has 0 radical (unpaired) electrons. The van der Waals surface area contributed by atoms with Crippen LogP contribution in [-0.2, 0) is 0 Å². The summed E-state index contributed by atoms with van der Waals surface area (Å²) in [5.41, 5.74) is 6.71. The van der Waals surface area contributed by atoms with E-state index in [2.05, 4.69) is 11.8 Å². The fourth-order valence-corrected chi connectivity index (χ4v) is 3.18. The third kappa shape index (κ3) is 2.12. The number of likely N-dealkylation sites (tertiary alicyclic amines) is 1. The van der Waals surface area contributed by atoms with E-state index in [0.717, 1.165) is 13.0 Å². The first-order valence-electron chi connectivity index (χ1n) is 6.22. The first kappa shape index (κ1) is 10.4. The van der Waals surface area contributed by atoms with E-state index in [1.165, 1.54) is 45.2 Å². The lowest BCUT2D eigenvalue weighted by Crippen LogP contribution is -2.36. The smallest absolute Gasteiger partial charge is 0.0165 e. The normalized spacial score (nSPS) is 28.7. The molecule has 2 aliphatic rings. The van der Waals surface area contributed by atoms with Crippen molar-refractivity contribution >= 4 is 0 Å². The van der Waals surface area contributed by atoms with Gasteiger partial charge < -0.3 is 10.6 Å². The predicted octanol–water partition coefficient (Wildman–Crippen LogP) is 1.99. The first-order valence-corrected chi connectivity index (χ1v) is 6.22. The van der Waals surface area contributed by atoms with Gasteiger partial charge in [0.15, 0.2) is 0 Å². The molecule has 0 aromatic rings. The maximum Gasteiger partial charge on any atom is 0.0165 e. The largest absolute Gasteiger partial charge is 0.327 e. The Labute approximate surface area is 87.8 Å². The third-order valence-electron chi connectivity index (χ3n) is 4.20. The van der Waals surface area contributed by atoms with Crippen molar-refractivity contribution in [1.82, 2.24) is 4.90 Å². The lowest BCUT2D eigenvalue weighted by Gasteiger charge is -2.24.